The number of allylic oxidation sites excluding steroid dienone is 1. The first-order valence-corrected chi connectivity index (χ1v) is 7.28. The van der Waals surface area contributed by atoms with Crippen LogP contribution in [0.2, 0.25) is 10.0 Å². The van der Waals surface area contributed by atoms with Gasteiger partial charge in [-0.1, -0.05) is 29.3 Å². The van der Waals surface area contributed by atoms with Gasteiger partial charge < -0.3 is 5.32 Å². The second-order valence-electron chi connectivity index (χ2n) is 4.49. The van der Waals surface area contributed by atoms with E-state index in [1.807, 2.05) is 0 Å². The average molecular weight is 387 g/mol. The zero-order valence-electron chi connectivity index (χ0n) is 11.2. The lowest BCUT2D eigenvalue weighted by atomic mass is 10.2. The van der Waals surface area contributed by atoms with Crippen molar-refractivity contribution in [3.63, 3.8) is 0 Å². The molecule has 1 heterocycles. The number of carbonyl (C=O) groups is 1. The van der Waals surface area contributed by atoms with E-state index in [9.17, 15) is 18.0 Å². The normalized spacial score (nSPS) is 17.9. The molecule has 0 spiro atoms. The van der Waals surface area contributed by atoms with Crippen LogP contribution in [0.3, 0.4) is 0 Å². The molecule has 4 nitrogen and oxygen atoms in total. The van der Waals surface area contributed by atoms with Gasteiger partial charge in [0.2, 0.25) is 0 Å². The fourth-order valence-electron chi connectivity index (χ4n) is 1.76. The Kier molecular flexibility index (Phi) is 5.44. The Hall–Kier alpha value is -1.44. The van der Waals surface area contributed by atoms with Crippen molar-refractivity contribution in [1.29, 1.82) is 0 Å². The molecule has 1 N–H and O–H groups in total. The van der Waals surface area contributed by atoms with Crippen LogP contribution < -0.4 is 5.32 Å². The van der Waals surface area contributed by atoms with Crippen molar-refractivity contribution in [3.8, 4) is 0 Å². The van der Waals surface area contributed by atoms with E-state index >= 15 is 0 Å². The maximum atomic E-state index is 12.5. The summed E-state index contributed by atoms with van der Waals surface area (Å²) in [6.45, 7) is -0.123. The van der Waals surface area contributed by atoms with Crippen molar-refractivity contribution in [2.24, 2.45) is 4.99 Å². The van der Waals surface area contributed by atoms with Gasteiger partial charge in [-0.15, -0.1) is 0 Å². The Morgan fingerprint density at radius 2 is 1.91 bits per heavy atom. The van der Waals surface area contributed by atoms with E-state index in [1.165, 1.54) is 12.1 Å². The molecule has 1 atom stereocenters. The second kappa shape index (κ2) is 6.98. The van der Waals surface area contributed by atoms with E-state index in [1.54, 1.807) is 6.07 Å². The van der Waals surface area contributed by atoms with Gasteiger partial charge in [0.1, 0.15) is 0 Å². The lowest BCUT2D eigenvalue weighted by Gasteiger charge is -2.25. The van der Waals surface area contributed by atoms with Crippen LogP contribution in [-0.2, 0) is 0 Å². The minimum absolute atomic E-state index is 0.0725. The molecule has 1 aliphatic heterocycles. The van der Waals surface area contributed by atoms with Gasteiger partial charge in [-0.3, -0.25) is 14.2 Å². The van der Waals surface area contributed by atoms with Crippen LogP contribution in [-0.4, -0.2) is 35.4 Å². The summed E-state index contributed by atoms with van der Waals surface area (Å²) in [7, 11) is 0. The minimum atomic E-state index is -4.55. The summed E-state index contributed by atoms with van der Waals surface area (Å²) >= 11 is 17.5. The number of nitrogens with one attached hydrogen (secondary N) is 1. The predicted molar refractivity (Wildman–Crippen MR) is 82.9 cm³/mol. The lowest BCUT2D eigenvalue weighted by molar-refractivity contribution is -0.0867. The van der Waals surface area contributed by atoms with Gasteiger partial charge in [0, 0.05) is 24.2 Å². The summed E-state index contributed by atoms with van der Waals surface area (Å²) in [5.74, 6) is -0.577. The molecule has 0 saturated heterocycles. The van der Waals surface area contributed by atoms with E-state index < -0.39 is 23.8 Å². The summed E-state index contributed by atoms with van der Waals surface area (Å²) in [5, 5.41) is 2.79. The molecule has 124 valence electrons. The van der Waals surface area contributed by atoms with Crippen LogP contribution in [0.1, 0.15) is 10.4 Å². The van der Waals surface area contributed by atoms with Gasteiger partial charge in [-0.25, -0.2) is 0 Å². The molecule has 10 heteroatoms. The highest BCUT2D eigenvalue weighted by molar-refractivity contribution is 6.39. The van der Waals surface area contributed by atoms with E-state index in [-0.39, 0.29) is 22.2 Å². The smallest absolute Gasteiger partial charge is 0.348 e. The number of hydrogen-bond acceptors (Lipinski definition) is 3. The quantitative estimate of drug-likeness (QED) is 0.797. The van der Waals surface area contributed by atoms with Crippen LogP contribution >= 0.6 is 35.0 Å². The number of halogens is 6. The van der Waals surface area contributed by atoms with Crippen LogP contribution in [0.15, 0.2) is 35.0 Å². The zero-order valence-corrected chi connectivity index (χ0v) is 13.5. The summed E-state index contributed by atoms with van der Waals surface area (Å²) in [4.78, 5) is 15.7. The molecule has 0 aromatic heterocycles. The molecule has 1 aliphatic rings. The van der Waals surface area contributed by atoms with Gasteiger partial charge in [0.15, 0.2) is 6.17 Å². The van der Waals surface area contributed by atoms with Crippen molar-refractivity contribution < 1.29 is 18.0 Å². The molecule has 0 fully saturated rings. The summed E-state index contributed by atoms with van der Waals surface area (Å²) < 4.78 is 38.3. The van der Waals surface area contributed by atoms with Crippen LogP contribution in [0, 0.1) is 0 Å². The highest BCUT2D eigenvalue weighted by Gasteiger charge is 2.35. The number of aliphatic imine (C=N–C) groups is 1. The zero-order chi connectivity index (χ0) is 17.2. The summed E-state index contributed by atoms with van der Waals surface area (Å²) in [6.07, 6.45) is -4.06. The molecule has 0 aliphatic carbocycles. The Bertz CT molecular complexity index is 656. The van der Waals surface area contributed by atoms with Crippen molar-refractivity contribution >= 4 is 47.1 Å². The highest BCUT2D eigenvalue weighted by Crippen LogP contribution is 2.28. The first kappa shape index (κ1) is 17.9. The summed E-state index contributed by atoms with van der Waals surface area (Å²) in [6, 6.07) is 4.57. The van der Waals surface area contributed by atoms with E-state index in [2.05, 4.69) is 10.3 Å². The van der Waals surface area contributed by atoms with Crippen molar-refractivity contribution in [2.45, 2.75) is 12.3 Å². The van der Waals surface area contributed by atoms with Gasteiger partial charge in [-0.05, 0) is 12.1 Å². The van der Waals surface area contributed by atoms with Gasteiger partial charge in [0.25, 0.3) is 5.91 Å². The molecule has 23 heavy (non-hydrogen) atoms. The Labute approximate surface area is 144 Å². The van der Waals surface area contributed by atoms with E-state index in [4.69, 9.17) is 35.0 Å². The third-order valence-electron chi connectivity index (χ3n) is 2.90. The Morgan fingerprint density at radius 1 is 1.30 bits per heavy atom. The predicted octanol–water partition coefficient (Wildman–Crippen LogP) is 4.04. The molecule has 1 aromatic rings. The maximum Gasteiger partial charge on any atom is 0.419 e. The van der Waals surface area contributed by atoms with Crippen molar-refractivity contribution in [3.05, 3.63) is 45.6 Å². The third-order valence-corrected chi connectivity index (χ3v) is 3.85. The number of carbonyl (C=O) groups excluding carboxylic acids is 1. The number of benzene rings is 1. The first-order valence-electron chi connectivity index (χ1n) is 6.18. The first-order chi connectivity index (χ1) is 10.7. The van der Waals surface area contributed by atoms with Crippen molar-refractivity contribution in [1.82, 2.24) is 9.74 Å². The fraction of sp³-hybridized carbons (Fsp3) is 0.231. The van der Waals surface area contributed by atoms with Crippen molar-refractivity contribution in [2.75, 3.05) is 6.54 Å². The van der Waals surface area contributed by atoms with Gasteiger partial charge in [-0.2, -0.15) is 13.2 Å². The largest absolute Gasteiger partial charge is 0.419 e. The van der Waals surface area contributed by atoms with Crippen LogP contribution in [0.4, 0.5) is 13.2 Å². The SMILES string of the molecule is O=C(NCC1N=CC(C(F)(F)F)=CN1Cl)c1c(Cl)cccc1Cl. The molecular weight excluding hydrogens is 378 g/mol. The minimum Gasteiger partial charge on any atom is -0.348 e. The number of rotatable bonds is 3. The van der Waals surface area contributed by atoms with E-state index in [0.717, 1.165) is 4.42 Å². The summed E-state index contributed by atoms with van der Waals surface area (Å²) in [5.41, 5.74) is -0.910. The van der Waals surface area contributed by atoms with Gasteiger partial charge in [0.05, 0.1) is 27.7 Å². The fourth-order valence-corrected chi connectivity index (χ4v) is 2.55. The number of nitrogens with zero attached hydrogens (tertiary/aromatic N) is 2. The second-order valence-corrected chi connectivity index (χ2v) is 5.70. The molecule has 0 bridgehead atoms. The number of alkyl halides is 3. The van der Waals surface area contributed by atoms with Crippen LogP contribution in [0.5, 0.6) is 0 Å². The lowest BCUT2D eigenvalue weighted by Crippen LogP contribution is -2.39. The van der Waals surface area contributed by atoms with E-state index in [0.29, 0.717) is 12.4 Å². The third kappa shape index (κ3) is 4.31. The Morgan fingerprint density at radius 3 is 2.43 bits per heavy atom. The molecule has 0 radical (unpaired) electrons. The molecule has 1 aromatic carbocycles. The average Bonchev–Trinajstić information content (AvgIpc) is 2.44. The highest BCUT2D eigenvalue weighted by atomic mass is 35.5. The number of amides is 1. The molecular formula is C13H9Cl3F3N3O. The standard InChI is InChI=1S/C13H9Cl3F3N3O/c14-8-2-1-3-9(15)11(8)12(23)21-5-10-20-4-7(6-22(10)16)13(17,18)19/h1-4,6,10H,5H2,(H,21,23). The molecule has 1 amide bonds. The monoisotopic (exact) mass is 385 g/mol. The number of hydrogen-bond donors (Lipinski definition) is 1. The topological polar surface area (TPSA) is 44.7 Å². The molecule has 1 unspecified atom stereocenters. The molecule has 2 rings (SSSR count). The van der Waals surface area contributed by atoms with Crippen LogP contribution in [0.25, 0.3) is 0 Å². The Balaban J connectivity index is 2.02. The molecule has 0 saturated carbocycles. The van der Waals surface area contributed by atoms with Gasteiger partial charge >= 0.3 is 6.18 Å². The maximum absolute atomic E-state index is 12.5.